The van der Waals surface area contributed by atoms with Gasteiger partial charge in [0.1, 0.15) is 0 Å². The van der Waals surface area contributed by atoms with Gasteiger partial charge in [0.05, 0.1) is 6.04 Å². The van der Waals surface area contributed by atoms with Crippen LogP contribution >= 0.6 is 0 Å². The monoisotopic (exact) mass is 213 g/mol. The van der Waals surface area contributed by atoms with Crippen LogP contribution in [0.5, 0.6) is 0 Å². The van der Waals surface area contributed by atoms with E-state index in [-0.39, 0.29) is 5.91 Å². The highest BCUT2D eigenvalue weighted by Crippen LogP contribution is 2.19. The maximum Gasteiger partial charge on any atom is 0.234 e. The minimum atomic E-state index is -0.482. The molecule has 1 heterocycles. The largest absolute Gasteiger partial charge is 0.368 e. The Morgan fingerprint density at radius 2 is 2.27 bits per heavy atom. The second-order valence-electron chi connectivity index (χ2n) is 4.39. The van der Waals surface area contributed by atoms with Crippen LogP contribution in [0.3, 0.4) is 0 Å². The van der Waals surface area contributed by atoms with Gasteiger partial charge in [-0.3, -0.25) is 4.79 Å². The molecule has 1 aliphatic heterocycles. The minimum absolute atomic E-state index is 0.389. The molecule has 0 saturated carbocycles. The second-order valence-corrected chi connectivity index (χ2v) is 4.39. The number of nitrogens with two attached hydrogens (primary N) is 2. The van der Waals surface area contributed by atoms with Crippen LogP contribution in [-0.4, -0.2) is 36.0 Å². The molecule has 0 aromatic heterocycles. The van der Waals surface area contributed by atoms with E-state index in [2.05, 4.69) is 11.8 Å². The topological polar surface area (TPSA) is 72.3 Å². The Labute approximate surface area is 92.0 Å². The summed E-state index contributed by atoms with van der Waals surface area (Å²) < 4.78 is 0. The summed E-state index contributed by atoms with van der Waals surface area (Å²) in [4.78, 5) is 13.3. The number of hydrogen-bond donors (Lipinski definition) is 2. The molecule has 4 nitrogen and oxygen atoms in total. The fraction of sp³-hybridized carbons (Fsp3) is 0.909. The maximum atomic E-state index is 10.8. The van der Waals surface area contributed by atoms with Crippen molar-refractivity contribution in [3.8, 4) is 0 Å². The van der Waals surface area contributed by atoms with E-state index in [1.165, 1.54) is 25.7 Å². The first-order valence-corrected chi connectivity index (χ1v) is 5.94. The van der Waals surface area contributed by atoms with Crippen molar-refractivity contribution in [2.75, 3.05) is 13.1 Å². The third-order valence-electron chi connectivity index (χ3n) is 3.31. The van der Waals surface area contributed by atoms with Crippen molar-refractivity contribution in [3.63, 3.8) is 0 Å². The Hall–Kier alpha value is -0.610. The molecule has 88 valence electrons. The summed E-state index contributed by atoms with van der Waals surface area (Å²) in [6, 6.07) is 0.197. The first-order chi connectivity index (χ1) is 7.15. The lowest BCUT2D eigenvalue weighted by Gasteiger charge is -2.35. The molecule has 1 saturated heterocycles. The number of carbonyl (C=O) groups excluding carboxylic acids is 1. The van der Waals surface area contributed by atoms with Gasteiger partial charge in [-0.25, -0.2) is 0 Å². The zero-order chi connectivity index (χ0) is 11.3. The van der Waals surface area contributed by atoms with E-state index in [9.17, 15) is 4.79 Å². The van der Waals surface area contributed by atoms with E-state index in [0.29, 0.717) is 12.5 Å². The number of likely N-dealkylation sites (tertiary alicyclic amines) is 1. The second kappa shape index (κ2) is 6.08. The van der Waals surface area contributed by atoms with E-state index < -0.39 is 6.04 Å². The minimum Gasteiger partial charge on any atom is -0.368 e. The molecule has 0 aromatic rings. The van der Waals surface area contributed by atoms with Gasteiger partial charge in [-0.15, -0.1) is 0 Å². The van der Waals surface area contributed by atoms with E-state index >= 15 is 0 Å². The van der Waals surface area contributed by atoms with Crippen LogP contribution in [0.15, 0.2) is 0 Å². The Kier molecular flexibility index (Phi) is 5.05. The molecular weight excluding hydrogens is 190 g/mol. The van der Waals surface area contributed by atoms with Crippen molar-refractivity contribution >= 4 is 5.91 Å². The molecule has 15 heavy (non-hydrogen) atoms. The van der Waals surface area contributed by atoms with Gasteiger partial charge in [-0.1, -0.05) is 13.3 Å². The van der Waals surface area contributed by atoms with Crippen LogP contribution in [-0.2, 0) is 4.79 Å². The molecule has 1 fully saturated rings. The van der Waals surface area contributed by atoms with Crippen molar-refractivity contribution in [3.05, 3.63) is 0 Å². The molecule has 0 bridgehead atoms. The van der Waals surface area contributed by atoms with Crippen LogP contribution in [0, 0.1) is 0 Å². The number of nitrogens with zero attached hydrogens (tertiary/aromatic N) is 1. The summed E-state index contributed by atoms with van der Waals surface area (Å²) in [5, 5.41) is 0. The van der Waals surface area contributed by atoms with Gasteiger partial charge in [0.25, 0.3) is 0 Å². The van der Waals surface area contributed by atoms with E-state index in [0.717, 1.165) is 13.1 Å². The Morgan fingerprint density at radius 3 is 2.87 bits per heavy atom. The Balaban J connectivity index is 2.32. The van der Waals surface area contributed by atoms with Gasteiger partial charge < -0.3 is 16.4 Å². The quantitative estimate of drug-likeness (QED) is 0.696. The number of amides is 1. The van der Waals surface area contributed by atoms with Crippen molar-refractivity contribution < 1.29 is 4.79 Å². The molecule has 4 N–H and O–H groups in total. The van der Waals surface area contributed by atoms with Gasteiger partial charge >= 0.3 is 0 Å². The highest BCUT2D eigenvalue weighted by atomic mass is 16.1. The molecule has 2 unspecified atom stereocenters. The summed E-state index contributed by atoms with van der Waals surface area (Å²) >= 11 is 0. The predicted octanol–water partition coefficient (Wildman–Crippen LogP) is 0.454. The lowest BCUT2D eigenvalue weighted by Crippen LogP contribution is -2.44. The zero-order valence-electron chi connectivity index (χ0n) is 9.61. The summed E-state index contributed by atoms with van der Waals surface area (Å²) in [5.74, 6) is -0.389. The standard InChI is InChI=1S/C11H23N3O/c1-2-9-5-3-4-7-14(9)8-6-10(12)11(13)15/h9-10H,2-8,12H2,1H3,(H2,13,15). The number of primary amides is 1. The van der Waals surface area contributed by atoms with Crippen LogP contribution < -0.4 is 11.5 Å². The molecule has 1 rings (SSSR count). The van der Waals surface area contributed by atoms with Crippen molar-refractivity contribution in [1.82, 2.24) is 4.90 Å². The Bertz CT molecular complexity index is 208. The van der Waals surface area contributed by atoms with E-state index in [4.69, 9.17) is 11.5 Å². The molecule has 1 amide bonds. The van der Waals surface area contributed by atoms with Crippen molar-refractivity contribution in [1.29, 1.82) is 0 Å². The first kappa shape index (κ1) is 12.5. The van der Waals surface area contributed by atoms with E-state index in [1.54, 1.807) is 0 Å². The third-order valence-corrected chi connectivity index (χ3v) is 3.31. The average molecular weight is 213 g/mol. The number of rotatable bonds is 5. The van der Waals surface area contributed by atoms with Gasteiger partial charge in [0.15, 0.2) is 0 Å². The Morgan fingerprint density at radius 1 is 1.53 bits per heavy atom. The lowest BCUT2D eigenvalue weighted by molar-refractivity contribution is -0.119. The number of carbonyl (C=O) groups is 1. The molecule has 0 radical (unpaired) electrons. The molecule has 2 atom stereocenters. The third kappa shape index (κ3) is 3.80. The summed E-state index contributed by atoms with van der Waals surface area (Å²) in [6.07, 6.45) is 5.75. The van der Waals surface area contributed by atoms with Crippen LogP contribution in [0.1, 0.15) is 39.0 Å². The highest BCUT2D eigenvalue weighted by molar-refractivity contribution is 5.79. The summed E-state index contributed by atoms with van der Waals surface area (Å²) in [6.45, 7) is 4.27. The van der Waals surface area contributed by atoms with Gasteiger partial charge in [0.2, 0.25) is 5.91 Å². The fourth-order valence-electron chi connectivity index (χ4n) is 2.26. The van der Waals surface area contributed by atoms with Crippen LogP contribution in [0.25, 0.3) is 0 Å². The molecule has 0 aliphatic carbocycles. The van der Waals surface area contributed by atoms with Crippen molar-refractivity contribution in [2.24, 2.45) is 11.5 Å². The average Bonchev–Trinajstić information content (AvgIpc) is 2.26. The SMILES string of the molecule is CCC1CCCCN1CCC(N)C(N)=O. The zero-order valence-corrected chi connectivity index (χ0v) is 9.61. The molecule has 4 heteroatoms. The normalized spacial score (nSPS) is 25.1. The molecular formula is C11H23N3O. The molecule has 0 aromatic carbocycles. The van der Waals surface area contributed by atoms with Crippen LogP contribution in [0.2, 0.25) is 0 Å². The van der Waals surface area contributed by atoms with Crippen molar-refractivity contribution in [2.45, 2.75) is 51.1 Å². The predicted molar refractivity (Wildman–Crippen MR) is 61.3 cm³/mol. The summed E-state index contributed by atoms with van der Waals surface area (Å²) in [5.41, 5.74) is 10.8. The van der Waals surface area contributed by atoms with Gasteiger partial charge in [0, 0.05) is 12.6 Å². The summed E-state index contributed by atoms with van der Waals surface area (Å²) in [7, 11) is 0. The number of piperidine rings is 1. The first-order valence-electron chi connectivity index (χ1n) is 5.94. The lowest BCUT2D eigenvalue weighted by atomic mass is 9.99. The van der Waals surface area contributed by atoms with Gasteiger partial charge in [-0.2, -0.15) is 0 Å². The van der Waals surface area contributed by atoms with Gasteiger partial charge in [-0.05, 0) is 32.2 Å². The number of hydrogen-bond acceptors (Lipinski definition) is 3. The fourth-order valence-corrected chi connectivity index (χ4v) is 2.26. The molecule has 0 spiro atoms. The van der Waals surface area contributed by atoms with Crippen LogP contribution in [0.4, 0.5) is 0 Å². The smallest absolute Gasteiger partial charge is 0.234 e. The van der Waals surface area contributed by atoms with E-state index in [1.807, 2.05) is 0 Å². The molecule has 1 aliphatic rings. The maximum absolute atomic E-state index is 10.8. The highest BCUT2D eigenvalue weighted by Gasteiger charge is 2.21.